The Balaban J connectivity index is 1.84. The van der Waals surface area contributed by atoms with Crippen LogP contribution in [0.1, 0.15) is 11.3 Å². The first kappa shape index (κ1) is 22.8. The van der Waals surface area contributed by atoms with Gasteiger partial charge in [0, 0.05) is 21.2 Å². The number of rotatable bonds is 6. The largest absolute Gasteiger partial charge is 0.321 e. The Labute approximate surface area is 191 Å². The Bertz CT molecular complexity index is 1190. The number of hydrogen-bond donors (Lipinski definition) is 1. The summed E-state index contributed by atoms with van der Waals surface area (Å²) in [5.74, 6) is -3.20. The fourth-order valence-corrected chi connectivity index (χ4v) is 3.68. The highest BCUT2D eigenvalue weighted by Gasteiger charge is 2.17. The highest BCUT2D eigenvalue weighted by Crippen LogP contribution is 2.28. The number of nitriles is 1. The zero-order valence-corrected chi connectivity index (χ0v) is 18.3. The Morgan fingerprint density at radius 1 is 1.26 bits per heavy atom. The molecule has 31 heavy (non-hydrogen) atoms. The first-order valence-electron chi connectivity index (χ1n) is 8.77. The van der Waals surface area contributed by atoms with Gasteiger partial charge in [0.1, 0.15) is 16.8 Å². The van der Waals surface area contributed by atoms with Crippen LogP contribution in [0.4, 0.5) is 14.5 Å². The number of benzene rings is 2. The van der Waals surface area contributed by atoms with Crippen molar-refractivity contribution in [1.82, 2.24) is 9.78 Å². The third-order valence-electron chi connectivity index (χ3n) is 4.09. The molecule has 0 fully saturated rings. The van der Waals surface area contributed by atoms with Gasteiger partial charge in [-0.3, -0.25) is 4.79 Å². The van der Waals surface area contributed by atoms with Gasteiger partial charge in [-0.05, 0) is 55.5 Å². The van der Waals surface area contributed by atoms with E-state index < -0.39 is 11.7 Å². The van der Waals surface area contributed by atoms with E-state index in [4.69, 9.17) is 23.2 Å². The van der Waals surface area contributed by atoms with Crippen LogP contribution in [0.15, 0.2) is 59.0 Å². The van der Waals surface area contributed by atoms with Gasteiger partial charge in [0.25, 0.3) is 11.7 Å². The van der Waals surface area contributed by atoms with Crippen molar-refractivity contribution in [3.05, 3.63) is 75.5 Å². The van der Waals surface area contributed by atoms with Crippen molar-refractivity contribution in [2.24, 2.45) is 0 Å². The first-order valence-corrected chi connectivity index (χ1v) is 10.4. The maximum atomic E-state index is 12.5. The average molecular weight is 479 g/mol. The van der Waals surface area contributed by atoms with Crippen LogP contribution < -0.4 is 5.32 Å². The molecule has 0 bridgehead atoms. The smallest absolute Gasteiger partial charge is 0.288 e. The summed E-state index contributed by atoms with van der Waals surface area (Å²) >= 11 is 12.9. The van der Waals surface area contributed by atoms with E-state index in [0.717, 1.165) is 0 Å². The summed E-state index contributed by atoms with van der Waals surface area (Å²) in [6.07, 6.45) is 1.35. The Kier molecular flexibility index (Phi) is 7.33. The second-order valence-electron chi connectivity index (χ2n) is 6.21. The van der Waals surface area contributed by atoms with Gasteiger partial charge in [-0.1, -0.05) is 41.0 Å². The van der Waals surface area contributed by atoms with Gasteiger partial charge in [-0.25, -0.2) is 4.68 Å². The molecule has 1 aromatic heterocycles. The zero-order valence-electron chi connectivity index (χ0n) is 15.9. The molecule has 0 unspecified atom stereocenters. The van der Waals surface area contributed by atoms with E-state index in [1.807, 2.05) is 6.07 Å². The summed E-state index contributed by atoms with van der Waals surface area (Å²) in [6, 6.07) is 14.6. The first-order chi connectivity index (χ1) is 14.8. The lowest BCUT2D eigenvalue weighted by Gasteiger charge is -2.06. The lowest BCUT2D eigenvalue weighted by Crippen LogP contribution is -2.13. The molecule has 0 radical (unpaired) electrons. The SMILES string of the molecule is Cc1nn(-c2cccc(Cl)c2)c(Cl)c1C=C(C#N)C(=O)Nc1ccc(SC(F)F)cc1. The molecule has 2 aromatic carbocycles. The van der Waals surface area contributed by atoms with E-state index in [-0.39, 0.29) is 10.7 Å². The summed E-state index contributed by atoms with van der Waals surface area (Å²) in [6.45, 7) is 1.70. The number of aromatic nitrogens is 2. The van der Waals surface area contributed by atoms with Crippen molar-refractivity contribution in [2.75, 3.05) is 5.32 Å². The minimum absolute atomic E-state index is 0.193. The molecule has 3 rings (SSSR count). The van der Waals surface area contributed by atoms with Gasteiger partial charge in [-0.2, -0.15) is 19.1 Å². The fraction of sp³-hybridized carbons (Fsp3) is 0.0952. The summed E-state index contributed by atoms with van der Waals surface area (Å²) < 4.78 is 26.3. The summed E-state index contributed by atoms with van der Waals surface area (Å²) in [5, 5.41) is 17.1. The summed E-state index contributed by atoms with van der Waals surface area (Å²) in [5.41, 5.74) is 1.73. The minimum atomic E-state index is -2.53. The molecular formula is C21H14Cl2F2N4OS. The van der Waals surface area contributed by atoms with Crippen LogP contribution in [0.5, 0.6) is 0 Å². The standard InChI is InChI=1S/C21H14Cl2F2N4OS/c1-12-18(19(23)29(28-12)16-4-2-3-14(22)10-16)9-13(11-26)20(30)27-15-5-7-17(8-6-15)31-21(24)25/h2-10,21H,1H3,(H,27,30). The van der Waals surface area contributed by atoms with Crippen LogP contribution in [0.25, 0.3) is 11.8 Å². The average Bonchev–Trinajstić information content (AvgIpc) is 3.00. The number of hydrogen-bond acceptors (Lipinski definition) is 4. The third kappa shape index (κ3) is 5.64. The van der Waals surface area contributed by atoms with E-state index in [2.05, 4.69) is 10.4 Å². The number of alkyl halides is 2. The van der Waals surface area contributed by atoms with E-state index >= 15 is 0 Å². The number of halogens is 4. The van der Waals surface area contributed by atoms with E-state index in [9.17, 15) is 18.8 Å². The molecule has 5 nitrogen and oxygen atoms in total. The van der Waals surface area contributed by atoms with Crippen LogP contribution in [0, 0.1) is 18.3 Å². The highest BCUT2D eigenvalue weighted by atomic mass is 35.5. The number of anilines is 1. The highest BCUT2D eigenvalue weighted by molar-refractivity contribution is 7.99. The lowest BCUT2D eigenvalue weighted by atomic mass is 10.1. The predicted octanol–water partition coefficient (Wildman–Crippen LogP) is 6.35. The Hall–Kier alpha value is -2.86. The second-order valence-corrected chi connectivity index (χ2v) is 8.07. The van der Waals surface area contributed by atoms with Crippen molar-refractivity contribution in [2.45, 2.75) is 17.6 Å². The molecule has 1 heterocycles. The summed E-state index contributed by atoms with van der Waals surface area (Å²) in [7, 11) is 0. The number of nitrogens with one attached hydrogen (secondary N) is 1. The molecule has 1 N–H and O–H groups in total. The minimum Gasteiger partial charge on any atom is -0.321 e. The predicted molar refractivity (Wildman–Crippen MR) is 119 cm³/mol. The topological polar surface area (TPSA) is 70.7 Å². The number of thioether (sulfide) groups is 1. The molecule has 0 atom stereocenters. The van der Waals surface area contributed by atoms with Crippen molar-refractivity contribution in [3.8, 4) is 11.8 Å². The number of nitrogens with zero attached hydrogens (tertiary/aromatic N) is 3. The van der Waals surface area contributed by atoms with Crippen molar-refractivity contribution >= 4 is 52.6 Å². The maximum absolute atomic E-state index is 12.5. The molecule has 0 aliphatic rings. The van der Waals surface area contributed by atoms with Gasteiger partial charge in [-0.15, -0.1) is 0 Å². The number of aryl methyl sites for hydroxylation is 1. The van der Waals surface area contributed by atoms with Gasteiger partial charge in [0.15, 0.2) is 0 Å². The second kappa shape index (κ2) is 9.96. The number of amides is 1. The van der Waals surface area contributed by atoms with Crippen LogP contribution >= 0.6 is 35.0 Å². The van der Waals surface area contributed by atoms with Gasteiger partial charge >= 0.3 is 0 Å². The maximum Gasteiger partial charge on any atom is 0.288 e. The van der Waals surface area contributed by atoms with Crippen LogP contribution in [-0.4, -0.2) is 21.4 Å². The molecule has 0 saturated carbocycles. The molecule has 1 amide bonds. The normalized spacial score (nSPS) is 11.5. The Morgan fingerprint density at radius 2 is 1.97 bits per heavy atom. The quantitative estimate of drug-likeness (QED) is 0.254. The van der Waals surface area contributed by atoms with E-state index in [1.165, 1.54) is 35.0 Å². The molecule has 0 aliphatic carbocycles. The molecule has 10 heteroatoms. The molecule has 0 aliphatic heterocycles. The molecule has 0 saturated heterocycles. The van der Waals surface area contributed by atoms with Crippen molar-refractivity contribution in [1.29, 1.82) is 5.26 Å². The zero-order chi connectivity index (χ0) is 22.5. The summed E-state index contributed by atoms with van der Waals surface area (Å²) in [4.78, 5) is 12.9. The fourth-order valence-electron chi connectivity index (χ4n) is 2.67. The van der Waals surface area contributed by atoms with Gasteiger partial charge < -0.3 is 5.32 Å². The van der Waals surface area contributed by atoms with E-state index in [0.29, 0.717) is 44.3 Å². The number of carbonyl (C=O) groups excluding carboxylic acids is 1. The molecule has 3 aromatic rings. The van der Waals surface area contributed by atoms with Crippen LogP contribution in [0.3, 0.4) is 0 Å². The number of carbonyl (C=O) groups is 1. The van der Waals surface area contributed by atoms with Gasteiger partial charge in [0.05, 0.1) is 11.4 Å². The monoisotopic (exact) mass is 478 g/mol. The molecular weight excluding hydrogens is 465 g/mol. The third-order valence-corrected chi connectivity index (χ3v) is 5.41. The van der Waals surface area contributed by atoms with E-state index in [1.54, 1.807) is 31.2 Å². The Morgan fingerprint density at radius 3 is 2.58 bits per heavy atom. The molecule has 0 spiro atoms. The van der Waals surface area contributed by atoms with Crippen LogP contribution in [0.2, 0.25) is 10.2 Å². The lowest BCUT2D eigenvalue weighted by molar-refractivity contribution is -0.112. The molecule has 158 valence electrons. The van der Waals surface area contributed by atoms with Gasteiger partial charge in [0.2, 0.25) is 0 Å². The van der Waals surface area contributed by atoms with Crippen molar-refractivity contribution in [3.63, 3.8) is 0 Å². The van der Waals surface area contributed by atoms with Crippen molar-refractivity contribution < 1.29 is 13.6 Å². The van der Waals surface area contributed by atoms with Crippen LogP contribution in [-0.2, 0) is 4.79 Å².